The number of carbonyl (C=O) groups is 1. The number of ether oxygens (including phenoxy) is 3. The molecule has 110 valence electrons. The molecule has 0 spiro atoms. The molecule has 0 radical (unpaired) electrons. The van der Waals surface area contributed by atoms with Crippen molar-refractivity contribution in [2.45, 2.75) is 31.6 Å². The SMILES string of the molecule is COC(=O)[C@@H]1CCCC[C@H]1c1nc(OC)cc(OC)n1. The fourth-order valence-corrected chi connectivity index (χ4v) is 2.67. The number of hydrogen-bond donors (Lipinski definition) is 0. The molecule has 0 bridgehead atoms. The first-order chi connectivity index (χ1) is 9.69. The van der Waals surface area contributed by atoms with Crippen LogP contribution in [0, 0.1) is 5.92 Å². The molecule has 1 fully saturated rings. The van der Waals surface area contributed by atoms with Gasteiger partial charge in [0.1, 0.15) is 5.82 Å². The molecule has 1 aliphatic carbocycles. The van der Waals surface area contributed by atoms with Crippen LogP contribution >= 0.6 is 0 Å². The molecule has 0 N–H and O–H groups in total. The molecule has 20 heavy (non-hydrogen) atoms. The first-order valence-corrected chi connectivity index (χ1v) is 6.74. The Morgan fingerprint density at radius 3 is 2.25 bits per heavy atom. The molecule has 2 atom stereocenters. The van der Waals surface area contributed by atoms with E-state index in [2.05, 4.69) is 9.97 Å². The quantitative estimate of drug-likeness (QED) is 0.785. The van der Waals surface area contributed by atoms with E-state index in [1.165, 1.54) is 7.11 Å². The van der Waals surface area contributed by atoms with E-state index in [0.717, 1.165) is 25.7 Å². The van der Waals surface area contributed by atoms with Gasteiger partial charge in [-0.05, 0) is 12.8 Å². The standard InChI is InChI=1S/C14H20N2O4/c1-18-11-8-12(19-2)16-13(15-11)9-6-4-5-7-10(9)14(17)20-3/h8-10H,4-7H2,1-3H3/t9-,10-/m1/s1. The molecule has 1 aromatic heterocycles. The normalized spacial score (nSPS) is 22.1. The summed E-state index contributed by atoms with van der Waals surface area (Å²) >= 11 is 0. The van der Waals surface area contributed by atoms with Gasteiger partial charge < -0.3 is 14.2 Å². The molecule has 6 nitrogen and oxygen atoms in total. The van der Waals surface area contributed by atoms with Gasteiger partial charge in [-0.25, -0.2) is 0 Å². The van der Waals surface area contributed by atoms with Crippen LogP contribution in [0.15, 0.2) is 6.07 Å². The topological polar surface area (TPSA) is 70.5 Å². The number of hydrogen-bond acceptors (Lipinski definition) is 6. The predicted octanol–water partition coefficient (Wildman–Crippen LogP) is 1.94. The average Bonchev–Trinajstić information content (AvgIpc) is 2.53. The van der Waals surface area contributed by atoms with Crippen molar-refractivity contribution in [3.63, 3.8) is 0 Å². The first-order valence-electron chi connectivity index (χ1n) is 6.74. The van der Waals surface area contributed by atoms with E-state index in [0.29, 0.717) is 17.6 Å². The summed E-state index contributed by atoms with van der Waals surface area (Å²) in [5.41, 5.74) is 0. The number of methoxy groups -OCH3 is 3. The lowest BCUT2D eigenvalue weighted by Gasteiger charge is -2.28. The molecule has 1 aliphatic rings. The van der Waals surface area contributed by atoms with Crippen molar-refractivity contribution in [2.75, 3.05) is 21.3 Å². The second-order valence-electron chi connectivity index (χ2n) is 4.83. The second-order valence-corrected chi connectivity index (χ2v) is 4.83. The predicted molar refractivity (Wildman–Crippen MR) is 71.9 cm³/mol. The number of esters is 1. The van der Waals surface area contributed by atoms with Gasteiger partial charge >= 0.3 is 5.97 Å². The molecule has 0 aliphatic heterocycles. The lowest BCUT2D eigenvalue weighted by molar-refractivity contribution is -0.147. The van der Waals surface area contributed by atoms with Gasteiger partial charge in [-0.1, -0.05) is 12.8 Å². The van der Waals surface area contributed by atoms with Crippen LogP contribution in [0.2, 0.25) is 0 Å². The number of nitrogens with zero attached hydrogens (tertiary/aromatic N) is 2. The van der Waals surface area contributed by atoms with Crippen molar-refractivity contribution < 1.29 is 19.0 Å². The largest absolute Gasteiger partial charge is 0.481 e. The Morgan fingerprint density at radius 1 is 1.10 bits per heavy atom. The van der Waals surface area contributed by atoms with Crippen LogP contribution < -0.4 is 9.47 Å². The summed E-state index contributed by atoms with van der Waals surface area (Å²) in [6.07, 6.45) is 3.76. The molecule has 0 aromatic carbocycles. The fraction of sp³-hybridized carbons (Fsp3) is 0.643. The Morgan fingerprint density at radius 2 is 1.70 bits per heavy atom. The third-order valence-electron chi connectivity index (χ3n) is 3.72. The zero-order valence-electron chi connectivity index (χ0n) is 12.1. The second kappa shape index (κ2) is 6.54. The molecule has 0 saturated heterocycles. The summed E-state index contributed by atoms with van der Waals surface area (Å²) < 4.78 is 15.2. The molecule has 1 saturated carbocycles. The van der Waals surface area contributed by atoms with Gasteiger partial charge in [0.2, 0.25) is 11.8 Å². The van der Waals surface area contributed by atoms with Crippen molar-refractivity contribution >= 4 is 5.97 Å². The van der Waals surface area contributed by atoms with Crippen LogP contribution in [0.1, 0.15) is 37.4 Å². The molecule has 6 heteroatoms. The van der Waals surface area contributed by atoms with E-state index in [1.54, 1.807) is 20.3 Å². The van der Waals surface area contributed by atoms with E-state index in [1.807, 2.05) is 0 Å². The molecule has 1 heterocycles. The molecule has 1 aromatic rings. The van der Waals surface area contributed by atoms with Gasteiger partial charge in [-0.3, -0.25) is 4.79 Å². The van der Waals surface area contributed by atoms with Gasteiger partial charge in [0.25, 0.3) is 0 Å². The Labute approximate surface area is 118 Å². The maximum absolute atomic E-state index is 11.9. The Bertz CT molecular complexity index is 456. The third-order valence-corrected chi connectivity index (χ3v) is 3.72. The maximum Gasteiger partial charge on any atom is 0.309 e. The van der Waals surface area contributed by atoms with Crippen molar-refractivity contribution in [3.05, 3.63) is 11.9 Å². The minimum atomic E-state index is -0.194. The van der Waals surface area contributed by atoms with Gasteiger partial charge in [-0.2, -0.15) is 9.97 Å². The summed E-state index contributed by atoms with van der Waals surface area (Å²) in [5.74, 6) is 1.06. The van der Waals surface area contributed by atoms with Crippen LogP contribution in [0.25, 0.3) is 0 Å². The summed E-state index contributed by atoms with van der Waals surface area (Å²) in [5, 5.41) is 0. The van der Waals surface area contributed by atoms with Crippen LogP contribution in [0.3, 0.4) is 0 Å². The van der Waals surface area contributed by atoms with Crippen molar-refractivity contribution in [2.24, 2.45) is 5.92 Å². The summed E-state index contributed by atoms with van der Waals surface area (Å²) in [6.45, 7) is 0. The molecular weight excluding hydrogens is 260 g/mol. The number of carbonyl (C=O) groups excluding carboxylic acids is 1. The lowest BCUT2D eigenvalue weighted by Crippen LogP contribution is -2.28. The molecule has 2 rings (SSSR count). The molecule has 0 amide bonds. The van der Waals surface area contributed by atoms with Crippen LogP contribution in [-0.2, 0) is 9.53 Å². The highest BCUT2D eigenvalue weighted by molar-refractivity contribution is 5.73. The summed E-state index contributed by atoms with van der Waals surface area (Å²) in [7, 11) is 4.51. The summed E-state index contributed by atoms with van der Waals surface area (Å²) in [6, 6.07) is 1.62. The fourth-order valence-electron chi connectivity index (χ4n) is 2.67. The van der Waals surface area contributed by atoms with Gasteiger partial charge in [0.15, 0.2) is 0 Å². The van der Waals surface area contributed by atoms with E-state index >= 15 is 0 Å². The van der Waals surface area contributed by atoms with Crippen molar-refractivity contribution in [1.29, 1.82) is 0 Å². The van der Waals surface area contributed by atoms with E-state index in [9.17, 15) is 4.79 Å². The minimum absolute atomic E-state index is 0.0415. The van der Waals surface area contributed by atoms with Gasteiger partial charge in [0, 0.05) is 5.92 Å². The van der Waals surface area contributed by atoms with Crippen LogP contribution in [-0.4, -0.2) is 37.3 Å². The van der Waals surface area contributed by atoms with E-state index < -0.39 is 0 Å². The van der Waals surface area contributed by atoms with Crippen molar-refractivity contribution in [3.8, 4) is 11.8 Å². The zero-order valence-corrected chi connectivity index (χ0v) is 12.1. The highest BCUT2D eigenvalue weighted by Gasteiger charge is 2.35. The number of aromatic nitrogens is 2. The van der Waals surface area contributed by atoms with E-state index in [-0.39, 0.29) is 17.8 Å². The Hall–Kier alpha value is -1.85. The smallest absolute Gasteiger partial charge is 0.309 e. The summed E-state index contributed by atoms with van der Waals surface area (Å²) in [4.78, 5) is 20.7. The highest BCUT2D eigenvalue weighted by Crippen LogP contribution is 2.38. The molecular formula is C14H20N2O4. The molecule has 0 unspecified atom stereocenters. The maximum atomic E-state index is 11.9. The van der Waals surface area contributed by atoms with Gasteiger partial charge in [0.05, 0.1) is 33.3 Å². The van der Waals surface area contributed by atoms with Crippen LogP contribution in [0.4, 0.5) is 0 Å². The highest BCUT2D eigenvalue weighted by atomic mass is 16.5. The minimum Gasteiger partial charge on any atom is -0.481 e. The Balaban J connectivity index is 2.33. The lowest BCUT2D eigenvalue weighted by atomic mass is 9.78. The van der Waals surface area contributed by atoms with Crippen LogP contribution in [0.5, 0.6) is 11.8 Å². The Kier molecular flexibility index (Phi) is 4.76. The first kappa shape index (κ1) is 14.6. The average molecular weight is 280 g/mol. The number of rotatable bonds is 4. The third kappa shape index (κ3) is 3.00. The zero-order chi connectivity index (χ0) is 14.5. The van der Waals surface area contributed by atoms with E-state index in [4.69, 9.17) is 14.2 Å². The monoisotopic (exact) mass is 280 g/mol. The van der Waals surface area contributed by atoms with Gasteiger partial charge in [-0.15, -0.1) is 0 Å². The van der Waals surface area contributed by atoms with Crippen molar-refractivity contribution in [1.82, 2.24) is 9.97 Å².